The Morgan fingerprint density at radius 2 is 1.92 bits per heavy atom. The fourth-order valence-corrected chi connectivity index (χ4v) is 4.40. The molecule has 0 radical (unpaired) electrons. The summed E-state index contributed by atoms with van der Waals surface area (Å²) in [6.07, 6.45) is 5.56. The summed E-state index contributed by atoms with van der Waals surface area (Å²) >= 11 is 0. The van der Waals surface area contributed by atoms with Crippen LogP contribution in [-0.2, 0) is 11.2 Å². The minimum atomic E-state index is -0.902. The van der Waals surface area contributed by atoms with Gasteiger partial charge in [0.1, 0.15) is 11.2 Å². The van der Waals surface area contributed by atoms with E-state index in [2.05, 4.69) is 11.4 Å². The van der Waals surface area contributed by atoms with Gasteiger partial charge in [-0.3, -0.25) is 4.79 Å². The molecule has 1 amide bonds. The SMILES string of the molecule is N#CC1(C(=O)NC[C@@]2(Cc3ccc(F)cc3)CCC[C@H]2O)CCCC1. The van der Waals surface area contributed by atoms with Crippen molar-refractivity contribution in [3.63, 3.8) is 0 Å². The molecule has 2 fully saturated rings. The molecule has 5 heteroatoms. The average molecular weight is 344 g/mol. The summed E-state index contributed by atoms with van der Waals surface area (Å²) in [6, 6.07) is 8.53. The molecule has 4 nitrogen and oxygen atoms in total. The van der Waals surface area contributed by atoms with Crippen molar-refractivity contribution in [1.29, 1.82) is 5.26 Å². The number of carbonyl (C=O) groups excluding carboxylic acids is 1. The predicted molar refractivity (Wildman–Crippen MR) is 91.9 cm³/mol. The van der Waals surface area contributed by atoms with Gasteiger partial charge in [0.2, 0.25) is 5.91 Å². The molecular formula is C20H25FN2O2. The number of aliphatic hydroxyl groups is 1. The number of halogens is 1. The molecule has 0 unspecified atom stereocenters. The first-order valence-electron chi connectivity index (χ1n) is 9.12. The molecule has 2 aliphatic carbocycles. The van der Waals surface area contributed by atoms with Gasteiger partial charge in [-0.25, -0.2) is 4.39 Å². The molecule has 1 aromatic carbocycles. The number of nitrogens with one attached hydrogen (secondary N) is 1. The highest BCUT2D eigenvalue weighted by atomic mass is 19.1. The van der Waals surface area contributed by atoms with E-state index in [-0.39, 0.29) is 11.7 Å². The van der Waals surface area contributed by atoms with Crippen molar-refractivity contribution in [3.8, 4) is 6.07 Å². The standard InChI is InChI=1S/C20H25FN2O2/c21-16-7-5-15(6-8-16)12-20(11-3-4-17(20)24)14-23-18(25)19(13-22)9-1-2-10-19/h5-8,17,24H,1-4,9-12,14H2,(H,23,25)/t17-,20+/m1/s1. The largest absolute Gasteiger partial charge is 0.392 e. The van der Waals surface area contributed by atoms with Crippen molar-refractivity contribution in [2.24, 2.45) is 10.8 Å². The van der Waals surface area contributed by atoms with Crippen LogP contribution in [0.15, 0.2) is 24.3 Å². The van der Waals surface area contributed by atoms with Gasteiger partial charge in [-0.05, 0) is 49.8 Å². The second-order valence-corrected chi connectivity index (χ2v) is 7.66. The van der Waals surface area contributed by atoms with Crippen molar-refractivity contribution < 1.29 is 14.3 Å². The number of rotatable bonds is 5. The number of hydrogen-bond acceptors (Lipinski definition) is 3. The molecule has 2 N–H and O–H groups in total. The quantitative estimate of drug-likeness (QED) is 0.862. The van der Waals surface area contributed by atoms with Gasteiger partial charge in [0.05, 0.1) is 12.2 Å². The molecule has 0 saturated heterocycles. The maximum absolute atomic E-state index is 13.1. The summed E-state index contributed by atoms with van der Waals surface area (Å²) in [5, 5.41) is 23.0. The van der Waals surface area contributed by atoms with Crippen LogP contribution in [0, 0.1) is 28.0 Å². The van der Waals surface area contributed by atoms with E-state index in [0.29, 0.717) is 32.2 Å². The Morgan fingerprint density at radius 3 is 2.48 bits per heavy atom. The zero-order valence-corrected chi connectivity index (χ0v) is 14.4. The monoisotopic (exact) mass is 344 g/mol. The Hall–Kier alpha value is -1.93. The summed E-state index contributed by atoms with van der Waals surface area (Å²) < 4.78 is 13.1. The molecule has 0 spiro atoms. The fraction of sp³-hybridized carbons (Fsp3) is 0.600. The van der Waals surface area contributed by atoms with Crippen molar-refractivity contribution in [2.45, 2.75) is 57.5 Å². The van der Waals surface area contributed by atoms with Gasteiger partial charge in [0.25, 0.3) is 0 Å². The van der Waals surface area contributed by atoms with Gasteiger partial charge < -0.3 is 10.4 Å². The van der Waals surface area contributed by atoms with Crippen molar-refractivity contribution >= 4 is 5.91 Å². The second kappa shape index (κ2) is 7.13. The molecule has 3 rings (SSSR count). The summed E-state index contributed by atoms with van der Waals surface area (Å²) in [5.41, 5.74) is -0.393. The maximum atomic E-state index is 13.1. The first kappa shape index (κ1) is 17.9. The van der Waals surface area contributed by atoms with E-state index < -0.39 is 16.9 Å². The lowest BCUT2D eigenvalue weighted by Crippen LogP contribution is -2.47. The fourth-order valence-electron chi connectivity index (χ4n) is 4.40. The molecule has 0 heterocycles. The number of amides is 1. The average Bonchev–Trinajstić information content (AvgIpc) is 3.24. The first-order chi connectivity index (χ1) is 12.0. The molecule has 2 aliphatic rings. The molecular weight excluding hydrogens is 319 g/mol. The third-order valence-corrected chi connectivity index (χ3v) is 6.04. The molecule has 2 atom stereocenters. The Kier molecular flexibility index (Phi) is 5.10. The maximum Gasteiger partial charge on any atom is 0.240 e. The van der Waals surface area contributed by atoms with E-state index in [1.807, 2.05) is 0 Å². The lowest BCUT2D eigenvalue weighted by molar-refractivity contribution is -0.128. The number of nitrogens with zero attached hydrogens (tertiary/aromatic N) is 1. The Bertz CT molecular complexity index is 661. The molecule has 0 aromatic heterocycles. The number of hydrogen-bond donors (Lipinski definition) is 2. The van der Waals surface area contributed by atoms with Crippen LogP contribution in [0.2, 0.25) is 0 Å². The van der Waals surface area contributed by atoms with Gasteiger partial charge in [-0.1, -0.05) is 31.4 Å². The van der Waals surface area contributed by atoms with Crippen LogP contribution in [0.4, 0.5) is 4.39 Å². The summed E-state index contributed by atoms with van der Waals surface area (Å²) in [5.74, 6) is -0.486. The summed E-state index contributed by atoms with van der Waals surface area (Å²) in [6.45, 7) is 0.355. The van der Waals surface area contributed by atoms with Crippen molar-refractivity contribution in [3.05, 3.63) is 35.6 Å². The number of nitriles is 1. The summed E-state index contributed by atoms with van der Waals surface area (Å²) in [4.78, 5) is 12.6. The van der Waals surface area contributed by atoms with Gasteiger partial charge in [0.15, 0.2) is 0 Å². The molecule has 1 aromatic rings. The molecule has 134 valence electrons. The minimum Gasteiger partial charge on any atom is -0.392 e. The highest BCUT2D eigenvalue weighted by Gasteiger charge is 2.45. The second-order valence-electron chi connectivity index (χ2n) is 7.66. The van der Waals surface area contributed by atoms with Crippen LogP contribution >= 0.6 is 0 Å². The molecule has 2 saturated carbocycles. The Morgan fingerprint density at radius 1 is 1.24 bits per heavy atom. The van der Waals surface area contributed by atoms with E-state index >= 15 is 0 Å². The van der Waals surface area contributed by atoms with Crippen LogP contribution in [0.5, 0.6) is 0 Å². The van der Waals surface area contributed by atoms with E-state index in [1.54, 1.807) is 12.1 Å². The molecule has 0 bridgehead atoms. The van der Waals surface area contributed by atoms with Crippen LogP contribution in [0.1, 0.15) is 50.5 Å². The zero-order valence-electron chi connectivity index (χ0n) is 14.4. The molecule has 0 aliphatic heterocycles. The summed E-state index contributed by atoms with van der Waals surface area (Å²) in [7, 11) is 0. The van der Waals surface area contributed by atoms with Crippen LogP contribution in [-0.4, -0.2) is 23.7 Å². The van der Waals surface area contributed by atoms with Gasteiger partial charge in [-0.2, -0.15) is 5.26 Å². The highest BCUT2D eigenvalue weighted by Crippen LogP contribution is 2.42. The van der Waals surface area contributed by atoms with E-state index in [9.17, 15) is 19.6 Å². The zero-order chi connectivity index (χ0) is 17.9. The third-order valence-electron chi connectivity index (χ3n) is 6.04. The minimum absolute atomic E-state index is 0.204. The first-order valence-corrected chi connectivity index (χ1v) is 9.12. The lowest BCUT2D eigenvalue weighted by Gasteiger charge is -2.34. The lowest BCUT2D eigenvalue weighted by atomic mass is 9.77. The normalized spacial score (nSPS) is 27.8. The Labute approximate surface area is 148 Å². The third kappa shape index (κ3) is 3.55. The van der Waals surface area contributed by atoms with Crippen LogP contribution in [0.25, 0.3) is 0 Å². The van der Waals surface area contributed by atoms with E-state index in [4.69, 9.17) is 0 Å². The Balaban J connectivity index is 1.72. The van der Waals surface area contributed by atoms with Crippen LogP contribution in [0.3, 0.4) is 0 Å². The highest BCUT2D eigenvalue weighted by molar-refractivity contribution is 5.85. The van der Waals surface area contributed by atoms with E-state index in [0.717, 1.165) is 31.2 Å². The molecule has 25 heavy (non-hydrogen) atoms. The number of carbonyl (C=O) groups is 1. The smallest absolute Gasteiger partial charge is 0.240 e. The van der Waals surface area contributed by atoms with Gasteiger partial charge >= 0.3 is 0 Å². The van der Waals surface area contributed by atoms with Crippen LogP contribution < -0.4 is 5.32 Å². The number of benzene rings is 1. The van der Waals surface area contributed by atoms with Crippen molar-refractivity contribution in [1.82, 2.24) is 5.32 Å². The topological polar surface area (TPSA) is 73.1 Å². The van der Waals surface area contributed by atoms with Gasteiger partial charge in [-0.15, -0.1) is 0 Å². The van der Waals surface area contributed by atoms with E-state index in [1.165, 1.54) is 12.1 Å². The van der Waals surface area contributed by atoms with Gasteiger partial charge in [0, 0.05) is 12.0 Å². The predicted octanol–water partition coefficient (Wildman–Crippen LogP) is 3.10. The number of aliphatic hydroxyl groups excluding tert-OH is 1. The van der Waals surface area contributed by atoms with Crippen molar-refractivity contribution in [2.75, 3.05) is 6.54 Å².